The Bertz CT molecular complexity index is 340. The van der Waals surface area contributed by atoms with Gasteiger partial charge in [-0.1, -0.05) is 6.92 Å². The summed E-state index contributed by atoms with van der Waals surface area (Å²) in [6, 6.07) is 0. The van der Waals surface area contributed by atoms with Crippen LogP contribution in [0.4, 0.5) is 0 Å². The van der Waals surface area contributed by atoms with Crippen LogP contribution in [0.1, 0.15) is 12.7 Å². The lowest BCUT2D eigenvalue weighted by Crippen LogP contribution is -1.98. The number of hydrogen-bond acceptors (Lipinski definition) is 3. The quantitative estimate of drug-likeness (QED) is 0.631. The van der Waals surface area contributed by atoms with Crippen LogP contribution in [0.2, 0.25) is 0 Å². The Morgan fingerprint density at radius 1 is 1.73 bits per heavy atom. The average Bonchev–Trinajstić information content (AvgIpc) is 2.32. The van der Waals surface area contributed by atoms with Gasteiger partial charge >= 0.3 is 10.1 Å². The van der Waals surface area contributed by atoms with Crippen molar-refractivity contribution in [3.8, 4) is 0 Å². The second kappa shape index (κ2) is 2.63. The topological polar surface area (TPSA) is 83.1 Å². The predicted octanol–water partition coefficient (Wildman–Crippen LogP) is 0.219. The summed E-state index contributed by atoms with van der Waals surface area (Å²) in [4.78, 5) is 6.22. The molecule has 0 saturated carbocycles. The fraction of sp³-hybridized carbons (Fsp3) is 0.400. The molecule has 0 fully saturated rings. The Hall–Kier alpha value is -0.880. The van der Waals surface area contributed by atoms with Gasteiger partial charge in [-0.3, -0.25) is 4.55 Å². The molecule has 0 amide bonds. The third-order valence-electron chi connectivity index (χ3n) is 1.21. The number of aromatic nitrogens is 2. The van der Waals surface area contributed by atoms with Crippen LogP contribution in [0.25, 0.3) is 0 Å². The van der Waals surface area contributed by atoms with Gasteiger partial charge in [0.05, 0.1) is 0 Å². The molecule has 0 saturated heterocycles. The maximum absolute atomic E-state index is 10.4. The summed E-state index contributed by atoms with van der Waals surface area (Å²) in [6.45, 7) is 1.83. The van der Waals surface area contributed by atoms with Gasteiger partial charge in [0.2, 0.25) is 0 Å². The molecule has 0 aliphatic rings. The Morgan fingerprint density at radius 2 is 2.36 bits per heavy atom. The summed E-state index contributed by atoms with van der Waals surface area (Å²) in [7, 11) is -4.13. The van der Waals surface area contributed by atoms with E-state index in [0.717, 1.165) is 6.20 Å². The fourth-order valence-electron chi connectivity index (χ4n) is 0.656. The van der Waals surface area contributed by atoms with Crippen molar-refractivity contribution in [1.82, 2.24) is 9.97 Å². The van der Waals surface area contributed by atoms with Gasteiger partial charge in [0.1, 0.15) is 5.82 Å². The van der Waals surface area contributed by atoms with Crippen molar-refractivity contribution >= 4 is 10.1 Å². The van der Waals surface area contributed by atoms with Crippen molar-refractivity contribution in [1.29, 1.82) is 0 Å². The Morgan fingerprint density at radius 3 is 2.64 bits per heavy atom. The van der Waals surface area contributed by atoms with Crippen LogP contribution < -0.4 is 0 Å². The zero-order valence-electron chi connectivity index (χ0n) is 5.90. The minimum absolute atomic E-state index is 0.325. The smallest absolute Gasteiger partial charge is 0.313 e. The molecule has 0 aliphatic carbocycles. The van der Waals surface area contributed by atoms with Crippen LogP contribution in [0.5, 0.6) is 0 Å². The summed E-state index contributed by atoms with van der Waals surface area (Å²) < 4.78 is 29.4. The van der Waals surface area contributed by atoms with Gasteiger partial charge in [-0.2, -0.15) is 8.42 Å². The van der Waals surface area contributed by atoms with E-state index in [4.69, 9.17) is 4.55 Å². The van der Waals surface area contributed by atoms with Crippen LogP contribution in [-0.4, -0.2) is 22.9 Å². The molecule has 5 nitrogen and oxygen atoms in total. The highest BCUT2D eigenvalue weighted by Crippen LogP contribution is 2.04. The molecule has 1 aromatic heterocycles. The van der Waals surface area contributed by atoms with Gasteiger partial charge in [-0.05, 0) is 0 Å². The van der Waals surface area contributed by atoms with Gasteiger partial charge in [0.15, 0.2) is 5.03 Å². The summed E-state index contributed by atoms with van der Waals surface area (Å²) in [6.07, 6.45) is 1.77. The summed E-state index contributed by atoms with van der Waals surface area (Å²) >= 11 is 0. The molecule has 0 spiro atoms. The molecule has 0 atom stereocenters. The van der Waals surface area contributed by atoms with Gasteiger partial charge in [0, 0.05) is 12.6 Å². The third kappa shape index (κ3) is 1.78. The third-order valence-corrected chi connectivity index (χ3v) is 1.94. The van der Waals surface area contributed by atoms with E-state index in [2.05, 4.69) is 9.97 Å². The molecule has 1 rings (SSSR count). The van der Waals surface area contributed by atoms with E-state index >= 15 is 0 Å². The van der Waals surface area contributed by atoms with Crippen LogP contribution in [0, 0.1) is 0 Å². The number of imidazole rings is 1. The largest absolute Gasteiger partial charge is 0.347 e. The van der Waals surface area contributed by atoms with E-state index in [1.165, 1.54) is 0 Å². The highest BCUT2D eigenvalue weighted by molar-refractivity contribution is 7.85. The number of nitrogens with zero attached hydrogens (tertiary/aromatic N) is 1. The lowest BCUT2D eigenvalue weighted by Gasteiger charge is -1.85. The Labute approximate surface area is 64.2 Å². The molecule has 1 aromatic rings. The molecule has 1 heterocycles. The number of rotatable bonds is 2. The normalized spacial score (nSPS) is 11.8. The molecule has 0 aromatic carbocycles. The average molecular weight is 176 g/mol. The molecular formula is C5H8N2O3S. The van der Waals surface area contributed by atoms with Gasteiger partial charge < -0.3 is 4.98 Å². The first-order valence-electron chi connectivity index (χ1n) is 3.06. The number of nitrogens with one attached hydrogen (secondary N) is 1. The first-order chi connectivity index (χ1) is 5.04. The second-order valence-electron chi connectivity index (χ2n) is 2.01. The standard InChI is InChI=1S/C5H8N2O3S/c1-2-4-6-3-5(7-4)11(8,9)10/h3H,2H2,1H3,(H,6,7)(H,8,9,10). The molecule has 62 valence electrons. The van der Waals surface area contributed by atoms with Gasteiger partial charge in [0.25, 0.3) is 0 Å². The molecule has 2 N–H and O–H groups in total. The molecule has 0 radical (unpaired) electrons. The summed E-state index contributed by atoms with van der Waals surface area (Å²) in [5, 5.41) is -0.325. The zero-order valence-corrected chi connectivity index (χ0v) is 6.72. The Balaban J connectivity index is 3.09. The molecular weight excluding hydrogens is 168 g/mol. The van der Waals surface area contributed by atoms with E-state index in [1.54, 1.807) is 0 Å². The van der Waals surface area contributed by atoms with Crippen LogP contribution >= 0.6 is 0 Å². The first kappa shape index (κ1) is 8.22. The molecule has 6 heteroatoms. The van der Waals surface area contributed by atoms with Crippen LogP contribution in [0.3, 0.4) is 0 Å². The van der Waals surface area contributed by atoms with Crippen LogP contribution in [-0.2, 0) is 16.5 Å². The minimum Gasteiger partial charge on any atom is -0.347 e. The van der Waals surface area contributed by atoms with E-state index in [9.17, 15) is 8.42 Å². The highest BCUT2D eigenvalue weighted by Gasteiger charge is 2.12. The number of aromatic amines is 1. The highest BCUT2D eigenvalue weighted by atomic mass is 32.2. The summed E-state index contributed by atoms with van der Waals surface area (Å²) in [5.41, 5.74) is 0. The lowest BCUT2D eigenvalue weighted by molar-refractivity contribution is 0.479. The van der Waals surface area contributed by atoms with Crippen LogP contribution in [0.15, 0.2) is 11.2 Å². The van der Waals surface area contributed by atoms with E-state index < -0.39 is 10.1 Å². The van der Waals surface area contributed by atoms with E-state index in [0.29, 0.717) is 12.2 Å². The van der Waals surface area contributed by atoms with Crippen molar-refractivity contribution in [2.75, 3.05) is 0 Å². The number of hydrogen-bond donors (Lipinski definition) is 2. The monoisotopic (exact) mass is 176 g/mol. The zero-order chi connectivity index (χ0) is 8.48. The molecule has 0 unspecified atom stereocenters. The fourth-order valence-corrected chi connectivity index (χ4v) is 1.09. The van der Waals surface area contributed by atoms with Crippen molar-refractivity contribution in [3.63, 3.8) is 0 Å². The number of H-pyrrole nitrogens is 1. The summed E-state index contributed by atoms with van der Waals surface area (Å²) in [5.74, 6) is 0.539. The van der Waals surface area contributed by atoms with Crippen molar-refractivity contribution in [2.45, 2.75) is 18.4 Å². The maximum Gasteiger partial charge on any atom is 0.313 e. The first-order valence-corrected chi connectivity index (χ1v) is 4.50. The minimum atomic E-state index is -4.13. The van der Waals surface area contributed by atoms with Gasteiger partial charge in [-0.15, -0.1) is 0 Å². The SMILES string of the molecule is CCc1nc(S(=O)(=O)O)c[nH]1. The maximum atomic E-state index is 10.4. The van der Waals surface area contributed by atoms with Crippen molar-refractivity contribution in [3.05, 3.63) is 12.0 Å². The number of aryl methyl sites for hydroxylation is 1. The Kier molecular flexibility index (Phi) is 1.97. The molecule has 11 heavy (non-hydrogen) atoms. The second-order valence-corrected chi connectivity index (χ2v) is 3.38. The van der Waals surface area contributed by atoms with Gasteiger partial charge in [-0.25, -0.2) is 4.98 Å². The van der Waals surface area contributed by atoms with E-state index in [1.807, 2.05) is 6.92 Å². The molecule has 0 aliphatic heterocycles. The predicted molar refractivity (Wildman–Crippen MR) is 37.8 cm³/mol. The van der Waals surface area contributed by atoms with E-state index in [-0.39, 0.29) is 5.03 Å². The lowest BCUT2D eigenvalue weighted by atomic mass is 10.5. The van der Waals surface area contributed by atoms with Crippen molar-refractivity contribution < 1.29 is 13.0 Å². The van der Waals surface area contributed by atoms with Crippen molar-refractivity contribution in [2.24, 2.45) is 0 Å². The molecule has 0 bridgehead atoms.